The van der Waals surface area contributed by atoms with Gasteiger partial charge in [-0.1, -0.05) is 22.8 Å². The van der Waals surface area contributed by atoms with Crippen LogP contribution in [-0.4, -0.2) is 48.3 Å². The molecule has 30 heavy (non-hydrogen) atoms. The van der Waals surface area contributed by atoms with Gasteiger partial charge in [0.25, 0.3) is 5.91 Å². The Morgan fingerprint density at radius 3 is 2.70 bits per heavy atom. The standard InChI is InChI=1S/C22H22ClN3O4/c1-28-18-7-3-6-17(19(18)29-2)22(27)26-12-4-5-15(13-26)21-24-20(25-30-21)14-8-10-16(23)11-9-14/h3,6-11,15H,4-5,12-13H2,1-2H3/t15-/m0/s1. The van der Waals surface area contributed by atoms with Gasteiger partial charge in [-0.2, -0.15) is 4.98 Å². The van der Waals surface area contributed by atoms with Crippen LogP contribution in [0.4, 0.5) is 0 Å². The second kappa shape index (κ2) is 8.75. The lowest BCUT2D eigenvalue weighted by molar-refractivity contribution is 0.0691. The molecule has 156 valence electrons. The van der Waals surface area contributed by atoms with Crippen LogP contribution in [0.3, 0.4) is 0 Å². The van der Waals surface area contributed by atoms with E-state index in [-0.39, 0.29) is 11.8 Å². The Labute approximate surface area is 179 Å². The number of hydrogen-bond donors (Lipinski definition) is 0. The summed E-state index contributed by atoms with van der Waals surface area (Å²) in [7, 11) is 3.08. The first kappa shape index (κ1) is 20.2. The number of ether oxygens (including phenoxy) is 2. The van der Waals surface area contributed by atoms with E-state index in [1.807, 2.05) is 12.1 Å². The Morgan fingerprint density at radius 1 is 1.17 bits per heavy atom. The average Bonchev–Trinajstić information content (AvgIpc) is 3.29. The number of nitrogens with zero attached hydrogens (tertiary/aromatic N) is 3. The number of aromatic nitrogens is 2. The van der Waals surface area contributed by atoms with Crippen molar-refractivity contribution in [2.24, 2.45) is 0 Å². The molecule has 0 spiro atoms. The topological polar surface area (TPSA) is 77.7 Å². The summed E-state index contributed by atoms with van der Waals surface area (Å²) in [5, 5.41) is 4.75. The highest BCUT2D eigenvalue weighted by Crippen LogP contribution is 2.34. The van der Waals surface area contributed by atoms with Crippen molar-refractivity contribution in [3.05, 3.63) is 58.9 Å². The molecule has 0 unspecified atom stereocenters. The van der Waals surface area contributed by atoms with E-state index in [4.69, 9.17) is 25.6 Å². The Hall–Kier alpha value is -3.06. The van der Waals surface area contributed by atoms with Gasteiger partial charge in [0.1, 0.15) is 0 Å². The summed E-state index contributed by atoms with van der Waals surface area (Å²) in [5.41, 5.74) is 1.31. The molecule has 1 saturated heterocycles. The molecule has 0 radical (unpaired) electrons. The molecule has 0 bridgehead atoms. The third-order valence-electron chi connectivity index (χ3n) is 5.24. The summed E-state index contributed by atoms with van der Waals surface area (Å²) in [5.74, 6) is 1.90. The van der Waals surface area contributed by atoms with Crippen LogP contribution in [-0.2, 0) is 0 Å². The van der Waals surface area contributed by atoms with E-state index in [0.29, 0.717) is 46.9 Å². The van der Waals surface area contributed by atoms with E-state index in [1.54, 1.807) is 42.3 Å². The monoisotopic (exact) mass is 427 g/mol. The number of piperidine rings is 1. The average molecular weight is 428 g/mol. The quantitative estimate of drug-likeness (QED) is 0.599. The Morgan fingerprint density at radius 2 is 1.97 bits per heavy atom. The van der Waals surface area contributed by atoms with E-state index >= 15 is 0 Å². The first-order valence-electron chi connectivity index (χ1n) is 9.70. The fraction of sp³-hybridized carbons (Fsp3) is 0.318. The van der Waals surface area contributed by atoms with Crippen molar-refractivity contribution in [2.45, 2.75) is 18.8 Å². The van der Waals surface area contributed by atoms with Gasteiger partial charge >= 0.3 is 0 Å². The molecular weight excluding hydrogens is 406 g/mol. The smallest absolute Gasteiger partial charge is 0.257 e. The van der Waals surface area contributed by atoms with Gasteiger partial charge in [0.05, 0.1) is 25.7 Å². The summed E-state index contributed by atoms with van der Waals surface area (Å²) >= 11 is 5.94. The second-order valence-electron chi connectivity index (χ2n) is 7.09. The van der Waals surface area contributed by atoms with E-state index < -0.39 is 0 Å². The summed E-state index contributed by atoms with van der Waals surface area (Å²) < 4.78 is 16.3. The van der Waals surface area contributed by atoms with Crippen LogP contribution in [0.15, 0.2) is 47.0 Å². The second-order valence-corrected chi connectivity index (χ2v) is 7.53. The van der Waals surface area contributed by atoms with E-state index in [0.717, 1.165) is 18.4 Å². The third kappa shape index (κ3) is 3.98. The summed E-state index contributed by atoms with van der Waals surface area (Å²) in [6, 6.07) is 12.6. The van der Waals surface area contributed by atoms with E-state index in [2.05, 4.69) is 10.1 Å². The highest BCUT2D eigenvalue weighted by Gasteiger charge is 2.31. The molecule has 1 fully saturated rings. The first-order valence-corrected chi connectivity index (χ1v) is 10.1. The molecule has 1 aliphatic rings. The molecule has 0 N–H and O–H groups in total. The molecule has 7 nitrogen and oxygen atoms in total. The first-order chi connectivity index (χ1) is 14.6. The molecular formula is C22H22ClN3O4. The lowest BCUT2D eigenvalue weighted by Crippen LogP contribution is -2.39. The number of amides is 1. The lowest BCUT2D eigenvalue weighted by Gasteiger charge is -2.31. The Bertz CT molecular complexity index is 1040. The van der Waals surface area contributed by atoms with Gasteiger partial charge in [-0.3, -0.25) is 4.79 Å². The van der Waals surface area contributed by atoms with Crippen LogP contribution >= 0.6 is 11.6 Å². The van der Waals surface area contributed by atoms with Crippen LogP contribution < -0.4 is 9.47 Å². The third-order valence-corrected chi connectivity index (χ3v) is 5.49. The van der Waals surface area contributed by atoms with Crippen molar-refractivity contribution in [3.8, 4) is 22.9 Å². The number of hydrogen-bond acceptors (Lipinski definition) is 6. The van der Waals surface area contributed by atoms with Gasteiger partial charge in [-0.15, -0.1) is 0 Å². The molecule has 3 aromatic rings. The fourth-order valence-electron chi connectivity index (χ4n) is 3.71. The maximum absolute atomic E-state index is 13.2. The SMILES string of the molecule is COc1cccc(C(=O)N2CCC[C@H](c3nc(-c4ccc(Cl)cc4)no3)C2)c1OC. The van der Waals surface area contributed by atoms with Crippen LogP contribution in [0.5, 0.6) is 11.5 Å². The highest BCUT2D eigenvalue weighted by atomic mass is 35.5. The van der Waals surface area contributed by atoms with Crippen LogP contribution in [0, 0.1) is 0 Å². The maximum atomic E-state index is 13.2. The molecule has 1 atom stereocenters. The number of likely N-dealkylation sites (tertiary alicyclic amines) is 1. The molecule has 1 aromatic heterocycles. The molecule has 1 amide bonds. The van der Waals surface area contributed by atoms with Crippen molar-refractivity contribution in [1.82, 2.24) is 15.0 Å². The maximum Gasteiger partial charge on any atom is 0.257 e. The zero-order valence-electron chi connectivity index (χ0n) is 16.8. The summed E-state index contributed by atoms with van der Waals surface area (Å²) in [4.78, 5) is 19.6. The predicted molar refractivity (Wildman–Crippen MR) is 112 cm³/mol. The normalized spacial score (nSPS) is 16.4. The molecule has 0 aliphatic carbocycles. The fourth-order valence-corrected chi connectivity index (χ4v) is 3.83. The largest absolute Gasteiger partial charge is 0.493 e. The van der Waals surface area contributed by atoms with Gasteiger partial charge in [0.2, 0.25) is 11.7 Å². The number of para-hydroxylation sites is 1. The van der Waals surface area contributed by atoms with Crippen molar-refractivity contribution in [3.63, 3.8) is 0 Å². The Kier molecular flexibility index (Phi) is 5.90. The molecule has 0 saturated carbocycles. The van der Waals surface area contributed by atoms with Crippen molar-refractivity contribution >= 4 is 17.5 Å². The number of benzene rings is 2. The van der Waals surface area contributed by atoms with E-state index in [1.165, 1.54) is 7.11 Å². The molecule has 1 aliphatic heterocycles. The zero-order chi connectivity index (χ0) is 21.1. The van der Waals surface area contributed by atoms with Gasteiger partial charge < -0.3 is 18.9 Å². The minimum atomic E-state index is -0.104. The number of methoxy groups -OCH3 is 2. The molecule has 2 aromatic carbocycles. The minimum Gasteiger partial charge on any atom is -0.493 e. The number of carbonyl (C=O) groups excluding carboxylic acids is 1. The highest BCUT2D eigenvalue weighted by molar-refractivity contribution is 6.30. The van der Waals surface area contributed by atoms with Gasteiger partial charge in [0.15, 0.2) is 11.5 Å². The molecule has 2 heterocycles. The van der Waals surface area contributed by atoms with Crippen LogP contribution in [0.25, 0.3) is 11.4 Å². The van der Waals surface area contributed by atoms with E-state index in [9.17, 15) is 4.79 Å². The lowest BCUT2D eigenvalue weighted by atomic mass is 9.97. The number of carbonyl (C=O) groups is 1. The summed E-state index contributed by atoms with van der Waals surface area (Å²) in [6.45, 7) is 1.16. The minimum absolute atomic E-state index is 0.0205. The van der Waals surface area contributed by atoms with Crippen molar-refractivity contribution in [2.75, 3.05) is 27.3 Å². The Balaban J connectivity index is 1.53. The van der Waals surface area contributed by atoms with Crippen LogP contribution in [0.2, 0.25) is 5.02 Å². The summed E-state index contributed by atoms with van der Waals surface area (Å²) in [6.07, 6.45) is 1.72. The molecule has 4 rings (SSSR count). The van der Waals surface area contributed by atoms with Gasteiger partial charge in [0, 0.05) is 23.7 Å². The van der Waals surface area contributed by atoms with Crippen molar-refractivity contribution in [1.29, 1.82) is 0 Å². The zero-order valence-corrected chi connectivity index (χ0v) is 17.6. The van der Waals surface area contributed by atoms with Crippen LogP contribution in [0.1, 0.15) is 35.0 Å². The van der Waals surface area contributed by atoms with Gasteiger partial charge in [-0.05, 0) is 49.2 Å². The number of halogens is 1. The number of rotatable bonds is 5. The van der Waals surface area contributed by atoms with Crippen molar-refractivity contribution < 1.29 is 18.8 Å². The van der Waals surface area contributed by atoms with Gasteiger partial charge in [-0.25, -0.2) is 0 Å². The molecule has 8 heteroatoms. The predicted octanol–water partition coefficient (Wildman–Crippen LogP) is 4.43.